The fraction of sp³-hybridized carbons (Fsp3) is 0.533. The summed E-state index contributed by atoms with van der Waals surface area (Å²) in [5, 5.41) is 3.12. The van der Waals surface area contributed by atoms with Gasteiger partial charge >= 0.3 is 5.97 Å². The molecule has 1 N–H and O–H groups in total. The van der Waals surface area contributed by atoms with Gasteiger partial charge in [0.05, 0.1) is 14.2 Å². The van der Waals surface area contributed by atoms with Gasteiger partial charge in [-0.05, 0) is 26.0 Å². The van der Waals surface area contributed by atoms with Crippen LogP contribution in [0.25, 0.3) is 0 Å². The standard InChI is InChI=1S/C15H21NO4/c1-9-5-11-6-13(18-3)12(7-14(11)20-9)8-16-10(2)15(17)19-4/h6-7,9-10,16H,5,8H2,1-4H3. The number of esters is 1. The van der Waals surface area contributed by atoms with Gasteiger partial charge in [-0.1, -0.05) is 0 Å². The Bertz CT molecular complexity index is 501. The lowest BCUT2D eigenvalue weighted by Gasteiger charge is -2.14. The molecule has 1 aliphatic rings. The molecule has 2 atom stereocenters. The topological polar surface area (TPSA) is 56.8 Å². The van der Waals surface area contributed by atoms with Crippen molar-refractivity contribution in [3.63, 3.8) is 0 Å². The smallest absolute Gasteiger partial charge is 0.322 e. The summed E-state index contributed by atoms with van der Waals surface area (Å²) in [6.45, 7) is 4.33. The van der Waals surface area contributed by atoms with E-state index in [4.69, 9.17) is 9.47 Å². The van der Waals surface area contributed by atoms with Crippen molar-refractivity contribution in [1.29, 1.82) is 0 Å². The second-order valence-electron chi connectivity index (χ2n) is 5.03. The van der Waals surface area contributed by atoms with Crippen LogP contribution in [0.3, 0.4) is 0 Å². The summed E-state index contributed by atoms with van der Waals surface area (Å²) in [5.74, 6) is 1.43. The molecule has 110 valence electrons. The van der Waals surface area contributed by atoms with Gasteiger partial charge in [0.15, 0.2) is 0 Å². The van der Waals surface area contributed by atoms with Crippen molar-refractivity contribution < 1.29 is 19.0 Å². The molecule has 2 unspecified atom stereocenters. The van der Waals surface area contributed by atoms with Crippen LogP contribution in [-0.2, 0) is 22.5 Å². The second-order valence-corrected chi connectivity index (χ2v) is 5.03. The third-order valence-corrected chi connectivity index (χ3v) is 3.45. The fourth-order valence-corrected chi connectivity index (χ4v) is 2.33. The first-order valence-electron chi connectivity index (χ1n) is 6.72. The number of nitrogens with one attached hydrogen (secondary N) is 1. The summed E-state index contributed by atoms with van der Waals surface area (Å²) in [6.07, 6.45) is 1.10. The largest absolute Gasteiger partial charge is 0.496 e. The van der Waals surface area contributed by atoms with E-state index in [0.29, 0.717) is 6.54 Å². The number of hydrogen-bond donors (Lipinski definition) is 1. The van der Waals surface area contributed by atoms with E-state index in [9.17, 15) is 4.79 Å². The Morgan fingerprint density at radius 3 is 2.90 bits per heavy atom. The minimum absolute atomic E-state index is 0.201. The number of ether oxygens (including phenoxy) is 3. The van der Waals surface area contributed by atoms with E-state index in [1.54, 1.807) is 14.0 Å². The minimum atomic E-state index is -0.363. The second kappa shape index (κ2) is 6.13. The first-order valence-corrected chi connectivity index (χ1v) is 6.72. The van der Waals surface area contributed by atoms with Gasteiger partial charge in [-0.25, -0.2) is 0 Å². The Morgan fingerprint density at radius 1 is 1.50 bits per heavy atom. The van der Waals surface area contributed by atoms with Crippen LogP contribution < -0.4 is 14.8 Å². The Labute approximate surface area is 119 Å². The molecule has 0 amide bonds. The highest BCUT2D eigenvalue weighted by Crippen LogP contribution is 2.34. The molecule has 0 aromatic heterocycles. The SMILES string of the molecule is COC(=O)C(C)NCc1cc2c(cc1OC)CC(C)O2. The molecule has 0 fully saturated rings. The van der Waals surface area contributed by atoms with Crippen LogP contribution in [-0.4, -0.2) is 32.3 Å². The zero-order valence-electron chi connectivity index (χ0n) is 12.4. The lowest BCUT2D eigenvalue weighted by molar-refractivity contribution is -0.142. The molecule has 0 saturated carbocycles. The number of carbonyl (C=O) groups excluding carboxylic acids is 1. The molecular weight excluding hydrogens is 258 g/mol. The van der Waals surface area contributed by atoms with Gasteiger partial charge in [0.25, 0.3) is 0 Å². The average molecular weight is 279 g/mol. The molecule has 0 bridgehead atoms. The van der Waals surface area contributed by atoms with Crippen molar-refractivity contribution in [2.75, 3.05) is 14.2 Å². The molecule has 5 heteroatoms. The summed E-state index contributed by atoms with van der Waals surface area (Å²) < 4.78 is 15.8. The molecular formula is C15H21NO4. The highest BCUT2D eigenvalue weighted by atomic mass is 16.5. The number of fused-ring (bicyclic) bond motifs is 1. The number of rotatable bonds is 5. The lowest BCUT2D eigenvalue weighted by Crippen LogP contribution is -2.34. The first-order chi connectivity index (χ1) is 9.55. The van der Waals surface area contributed by atoms with Crippen molar-refractivity contribution in [2.45, 2.75) is 39.0 Å². The molecule has 0 aliphatic carbocycles. The van der Waals surface area contributed by atoms with Crippen molar-refractivity contribution >= 4 is 5.97 Å². The van der Waals surface area contributed by atoms with Gasteiger partial charge in [-0.3, -0.25) is 4.79 Å². The van der Waals surface area contributed by atoms with Crippen molar-refractivity contribution in [1.82, 2.24) is 5.32 Å². The van der Waals surface area contributed by atoms with Gasteiger partial charge < -0.3 is 19.5 Å². The molecule has 0 saturated heterocycles. The van der Waals surface area contributed by atoms with Crippen LogP contribution >= 0.6 is 0 Å². The monoisotopic (exact) mass is 279 g/mol. The van der Waals surface area contributed by atoms with Gasteiger partial charge in [0, 0.05) is 24.1 Å². The van der Waals surface area contributed by atoms with E-state index in [0.717, 1.165) is 23.5 Å². The predicted octanol–water partition coefficient (Wildman–Crippen LogP) is 1.67. The molecule has 0 radical (unpaired) electrons. The first kappa shape index (κ1) is 14.7. The molecule has 1 aromatic carbocycles. The molecule has 0 spiro atoms. The maximum absolute atomic E-state index is 11.4. The summed E-state index contributed by atoms with van der Waals surface area (Å²) in [7, 11) is 3.03. The minimum Gasteiger partial charge on any atom is -0.496 e. The lowest BCUT2D eigenvalue weighted by atomic mass is 10.1. The Morgan fingerprint density at radius 2 is 2.25 bits per heavy atom. The molecule has 1 aromatic rings. The molecule has 1 aliphatic heterocycles. The quantitative estimate of drug-likeness (QED) is 0.831. The van der Waals surface area contributed by atoms with Crippen LogP contribution in [0.4, 0.5) is 0 Å². The number of benzene rings is 1. The Balaban J connectivity index is 2.12. The highest BCUT2D eigenvalue weighted by Gasteiger charge is 2.22. The maximum Gasteiger partial charge on any atom is 0.322 e. The van der Waals surface area contributed by atoms with Crippen LogP contribution in [0.1, 0.15) is 25.0 Å². The zero-order chi connectivity index (χ0) is 14.7. The molecule has 1 heterocycles. The predicted molar refractivity (Wildman–Crippen MR) is 75.1 cm³/mol. The maximum atomic E-state index is 11.4. The third-order valence-electron chi connectivity index (χ3n) is 3.45. The Hall–Kier alpha value is -1.75. The fourth-order valence-electron chi connectivity index (χ4n) is 2.33. The average Bonchev–Trinajstić information content (AvgIpc) is 2.81. The number of methoxy groups -OCH3 is 2. The van der Waals surface area contributed by atoms with Crippen LogP contribution in [0.5, 0.6) is 11.5 Å². The number of hydrogen-bond acceptors (Lipinski definition) is 5. The molecule has 5 nitrogen and oxygen atoms in total. The third kappa shape index (κ3) is 3.04. The van der Waals surface area contributed by atoms with Crippen LogP contribution in [0.2, 0.25) is 0 Å². The molecule has 20 heavy (non-hydrogen) atoms. The summed E-state index contributed by atoms with van der Waals surface area (Å²) in [5.41, 5.74) is 2.13. The zero-order valence-corrected chi connectivity index (χ0v) is 12.4. The summed E-state index contributed by atoms with van der Waals surface area (Å²) in [4.78, 5) is 11.4. The van der Waals surface area contributed by atoms with Gasteiger partial charge in [0.2, 0.25) is 0 Å². The van der Waals surface area contributed by atoms with Crippen LogP contribution in [0, 0.1) is 0 Å². The highest BCUT2D eigenvalue weighted by molar-refractivity contribution is 5.75. The van der Waals surface area contributed by atoms with Crippen molar-refractivity contribution in [3.05, 3.63) is 23.3 Å². The van der Waals surface area contributed by atoms with E-state index in [1.807, 2.05) is 19.1 Å². The van der Waals surface area contributed by atoms with Crippen LogP contribution in [0.15, 0.2) is 12.1 Å². The van der Waals surface area contributed by atoms with E-state index in [1.165, 1.54) is 12.7 Å². The molecule has 2 rings (SSSR count). The van der Waals surface area contributed by atoms with E-state index in [-0.39, 0.29) is 18.1 Å². The van der Waals surface area contributed by atoms with E-state index >= 15 is 0 Å². The number of carbonyl (C=O) groups is 1. The van der Waals surface area contributed by atoms with E-state index < -0.39 is 0 Å². The Kier molecular flexibility index (Phi) is 4.49. The summed E-state index contributed by atoms with van der Waals surface area (Å²) >= 11 is 0. The van der Waals surface area contributed by atoms with Gasteiger partial charge in [-0.2, -0.15) is 0 Å². The normalized spacial score (nSPS) is 18.1. The van der Waals surface area contributed by atoms with Gasteiger partial charge in [-0.15, -0.1) is 0 Å². The summed E-state index contributed by atoms with van der Waals surface area (Å²) in [6, 6.07) is 3.63. The van der Waals surface area contributed by atoms with Crippen molar-refractivity contribution in [2.24, 2.45) is 0 Å². The van der Waals surface area contributed by atoms with Gasteiger partial charge in [0.1, 0.15) is 23.6 Å². The van der Waals surface area contributed by atoms with Crippen molar-refractivity contribution in [3.8, 4) is 11.5 Å². The van der Waals surface area contributed by atoms with E-state index in [2.05, 4.69) is 10.1 Å².